The summed E-state index contributed by atoms with van der Waals surface area (Å²) in [6, 6.07) is 6.18. The standard InChI is InChI=1S/C26H38BrNO3/c1-19-23(27)9-6-10-24(19)30-22-13-11-20(12-14-22)7-5-8-21-15-17-28(18-16-21)25(29)31-26(2,3)4/h5-6,8-10,20-22H,7,11-18H2,1-4H3/b8-5+. The summed E-state index contributed by atoms with van der Waals surface area (Å²) in [5, 5.41) is 0. The van der Waals surface area contributed by atoms with Crippen molar-refractivity contribution in [3.63, 3.8) is 0 Å². The molecule has 0 atom stereocenters. The Kier molecular flexibility index (Phi) is 8.49. The molecule has 4 nitrogen and oxygen atoms in total. The number of carbonyl (C=O) groups excluding carboxylic acids is 1. The van der Waals surface area contributed by atoms with Crippen molar-refractivity contribution in [2.75, 3.05) is 13.1 Å². The van der Waals surface area contributed by atoms with E-state index >= 15 is 0 Å². The van der Waals surface area contributed by atoms with Gasteiger partial charge in [0.05, 0.1) is 6.10 Å². The van der Waals surface area contributed by atoms with E-state index in [4.69, 9.17) is 9.47 Å². The molecule has 0 radical (unpaired) electrons. The third-order valence-electron chi connectivity index (χ3n) is 6.37. The molecular formula is C26H38BrNO3. The molecule has 1 heterocycles. The molecule has 2 fully saturated rings. The highest BCUT2D eigenvalue weighted by Gasteiger charge is 2.26. The molecule has 1 aliphatic heterocycles. The predicted molar refractivity (Wildman–Crippen MR) is 130 cm³/mol. The maximum Gasteiger partial charge on any atom is 0.410 e. The van der Waals surface area contributed by atoms with Crippen molar-refractivity contribution in [2.24, 2.45) is 11.8 Å². The largest absolute Gasteiger partial charge is 0.490 e. The Morgan fingerprint density at radius 3 is 2.45 bits per heavy atom. The number of likely N-dealkylation sites (tertiary alicyclic amines) is 1. The normalized spacial score (nSPS) is 23.2. The molecule has 172 valence electrons. The summed E-state index contributed by atoms with van der Waals surface area (Å²) in [7, 11) is 0. The van der Waals surface area contributed by atoms with Gasteiger partial charge in [-0.15, -0.1) is 0 Å². The Balaban J connectivity index is 1.35. The molecule has 0 N–H and O–H groups in total. The molecule has 1 aromatic carbocycles. The zero-order valence-corrected chi connectivity index (χ0v) is 21.1. The average Bonchev–Trinajstić information content (AvgIpc) is 2.72. The lowest BCUT2D eigenvalue weighted by Gasteiger charge is -2.32. The lowest BCUT2D eigenvalue weighted by atomic mass is 9.84. The number of ether oxygens (including phenoxy) is 2. The molecule has 0 aromatic heterocycles. The minimum atomic E-state index is -0.422. The number of hydrogen-bond acceptors (Lipinski definition) is 3. The van der Waals surface area contributed by atoms with Crippen molar-refractivity contribution >= 4 is 22.0 Å². The zero-order valence-electron chi connectivity index (χ0n) is 19.5. The third-order valence-corrected chi connectivity index (χ3v) is 7.23. The fourth-order valence-corrected chi connectivity index (χ4v) is 4.79. The van der Waals surface area contributed by atoms with Crippen molar-refractivity contribution in [1.82, 2.24) is 4.90 Å². The molecule has 1 aliphatic carbocycles. The molecule has 1 aromatic rings. The van der Waals surface area contributed by atoms with Crippen LogP contribution in [0.2, 0.25) is 0 Å². The van der Waals surface area contributed by atoms with Crippen molar-refractivity contribution in [3.05, 3.63) is 40.4 Å². The SMILES string of the molecule is Cc1c(Br)cccc1OC1CCC(C/C=C/C2CCN(C(=O)OC(C)(C)C)CC2)CC1. The van der Waals surface area contributed by atoms with Crippen LogP contribution >= 0.6 is 15.9 Å². The first-order chi connectivity index (χ1) is 14.7. The molecule has 1 saturated heterocycles. The number of rotatable bonds is 5. The van der Waals surface area contributed by atoms with Gasteiger partial charge in [0.15, 0.2) is 0 Å². The quantitative estimate of drug-likeness (QED) is 0.405. The maximum absolute atomic E-state index is 12.2. The average molecular weight is 492 g/mol. The highest BCUT2D eigenvalue weighted by molar-refractivity contribution is 9.10. The monoisotopic (exact) mass is 491 g/mol. The number of carbonyl (C=O) groups is 1. The van der Waals surface area contributed by atoms with Crippen LogP contribution in [0.4, 0.5) is 4.79 Å². The zero-order chi connectivity index (χ0) is 22.4. The maximum atomic E-state index is 12.2. The van der Waals surface area contributed by atoms with Gasteiger partial charge in [0.25, 0.3) is 0 Å². The number of hydrogen-bond donors (Lipinski definition) is 0. The second kappa shape index (κ2) is 10.9. The van der Waals surface area contributed by atoms with Crippen LogP contribution in [0.15, 0.2) is 34.8 Å². The fourth-order valence-electron chi connectivity index (χ4n) is 4.44. The van der Waals surface area contributed by atoms with Gasteiger partial charge in [-0.25, -0.2) is 4.79 Å². The summed E-state index contributed by atoms with van der Waals surface area (Å²) >= 11 is 3.59. The summed E-state index contributed by atoms with van der Waals surface area (Å²) in [5.74, 6) is 2.36. The Morgan fingerprint density at radius 2 is 1.81 bits per heavy atom. The molecule has 0 spiro atoms. The summed E-state index contributed by atoms with van der Waals surface area (Å²) < 4.78 is 12.9. The van der Waals surface area contributed by atoms with E-state index in [1.165, 1.54) is 18.4 Å². The van der Waals surface area contributed by atoms with E-state index in [2.05, 4.69) is 47.1 Å². The minimum Gasteiger partial charge on any atom is -0.490 e. The van der Waals surface area contributed by atoms with Crippen LogP contribution in [0.25, 0.3) is 0 Å². The van der Waals surface area contributed by atoms with Crippen LogP contribution in [0, 0.1) is 18.8 Å². The third kappa shape index (κ3) is 7.55. The van der Waals surface area contributed by atoms with E-state index in [-0.39, 0.29) is 6.09 Å². The van der Waals surface area contributed by atoms with Gasteiger partial charge >= 0.3 is 6.09 Å². The molecule has 5 heteroatoms. The summed E-state index contributed by atoms with van der Waals surface area (Å²) in [5.41, 5.74) is 0.763. The van der Waals surface area contributed by atoms with Gasteiger partial charge in [0.2, 0.25) is 0 Å². The van der Waals surface area contributed by atoms with E-state index in [0.29, 0.717) is 12.0 Å². The van der Waals surface area contributed by atoms with Crippen LogP contribution in [0.5, 0.6) is 5.75 Å². The van der Waals surface area contributed by atoms with Crippen LogP contribution in [-0.2, 0) is 4.74 Å². The molecule has 0 bridgehead atoms. The number of allylic oxidation sites excluding steroid dienone is 2. The number of amides is 1. The number of halogens is 1. The summed E-state index contributed by atoms with van der Waals surface area (Å²) in [6.45, 7) is 9.45. The van der Waals surface area contributed by atoms with Crippen LogP contribution in [-0.4, -0.2) is 35.8 Å². The predicted octanol–water partition coefficient (Wildman–Crippen LogP) is 7.29. The first kappa shape index (κ1) is 24.2. The molecule has 1 saturated carbocycles. The van der Waals surface area contributed by atoms with E-state index in [9.17, 15) is 4.79 Å². The van der Waals surface area contributed by atoms with Gasteiger partial charge in [0.1, 0.15) is 11.4 Å². The van der Waals surface area contributed by atoms with Crippen molar-refractivity contribution in [3.8, 4) is 5.75 Å². The first-order valence-electron chi connectivity index (χ1n) is 11.8. The van der Waals surface area contributed by atoms with E-state index in [0.717, 1.165) is 61.3 Å². The molecular weight excluding hydrogens is 454 g/mol. The first-order valence-corrected chi connectivity index (χ1v) is 12.6. The van der Waals surface area contributed by atoms with Crippen molar-refractivity contribution in [2.45, 2.75) is 84.3 Å². The highest BCUT2D eigenvalue weighted by Crippen LogP contribution is 2.33. The molecule has 0 unspecified atom stereocenters. The van der Waals surface area contributed by atoms with E-state index < -0.39 is 5.60 Å². The lowest BCUT2D eigenvalue weighted by Crippen LogP contribution is -2.41. The second-order valence-corrected chi connectivity index (χ2v) is 10.9. The molecule has 3 rings (SSSR count). The second-order valence-electron chi connectivity index (χ2n) is 10.1. The smallest absolute Gasteiger partial charge is 0.410 e. The van der Waals surface area contributed by atoms with Gasteiger partial charge in [-0.3, -0.25) is 0 Å². The Labute approximate surface area is 196 Å². The van der Waals surface area contributed by atoms with Gasteiger partial charge in [-0.1, -0.05) is 34.1 Å². The number of nitrogens with zero attached hydrogens (tertiary/aromatic N) is 1. The van der Waals surface area contributed by atoms with Crippen molar-refractivity contribution < 1.29 is 14.3 Å². The van der Waals surface area contributed by atoms with Crippen LogP contribution in [0.1, 0.15) is 71.3 Å². The van der Waals surface area contributed by atoms with E-state index in [1.54, 1.807) is 0 Å². The molecule has 31 heavy (non-hydrogen) atoms. The number of benzene rings is 1. The topological polar surface area (TPSA) is 38.8 Å². The van der Waals surface area contributed by atoms with Crippen LogP contribution in [0.3, 0.4) is 0 Å². The Morgan fingerprint density at radius 1 is 1.13 bits per heavy atom. The number of piperidine rings is 1. The summed E-state index contributed by atoms with van der Waals surface area (Å²) in [4.78, 5) is 14.0. The summed E-state index contributed by atoms with van der Waals surface area (Å²) in [6.07, 6.45) is 12.9. The minimum absolute atomic E-state index is 0.174. The van der Waals surface area contributed by atoms with Gasteiger partial charge in [-0.05, 0) is 96.6 Å². The Bertz CT molecular complexity index is 754. The van der Waals surface area contributed by atoms with E-state index in [1.807, 2.05) is 31.7 Å². The van der Waals surface area contributed by atoms with Gasteiger partial charge < -0.3 is 14.4 Å². The molecule has 1 amide bonds. The fraction of sp³-hybridized carbons (Fsp3) is 0.654. The lowest BCUT2D eigenvalue weighted by molar-refractivity contribution is 0.0197. The van der Waals surface area contributed by atoms with Crippen LogP contribution < -0.4 is 4.74 Å². The molecule has 2 aliphatic rings. The van der Waals surface area contributed by atoms with Gasteiger partial charge in [-0.2, -0.15) is 0 Å². The van der Waals surface area contributed by atoms with Gasteiger partial charge in [0, 0.05) is 23.1 Å². The Hall–Kier alpha value is -1.49. The highest BCUT2D eigenvalue weighted by atomic mass is 79.9. The van der Waals surface area contributed by atoms with Crippen molar-refractivity contribution in [1.29, 1.82) is 0 Å².